The van der Waals surface area contributed by atoms with E-state index in [1.54, 1.807) is 13.8 Å². The van der Waals surface area contributed by atoms with Crippen LogP contribution in [0, 0.1) is 46.5 Å². The fourth-order valence-corrected chi connectivity index (χ4v) is 5.39. The quantitative estimate of drug-likeness (QED) is 0.135. The Labute approximate surface area is 204 Å². The van der Waals surface area contributed by atoms with Crippen molar-refractivity contribution in [2.75, 3.05) is 0 Å². The van der Waals surface area contributed by atoms with Gasteiger partial charge in [0.05, 0.1) is 32.7 Å². The van der Waals surface area contributed by atoms with Crippen LogP contribution >= 0.6 is 22.7 Å². The summed E-state index contributed by atoms with van der Waals surface area (Å²) in [6, 6.07) is 0. The first kappa shape index (κ1) is 24.4. The van der Waals surface area contributed by atoms with Crippen LogP contribution in [-0.2, 0) is 12.8 Å². The van der Waals surface area contributed by atoms with Crippen LogP contribution in [0.2, 0.25) is 0 Å². The van der Waals surface area contributed by atoms with E-state index >= 15 is 17.6 Å². The van der Waals surface area contributed by atoms with Gasteiger partial charge in [0.15, 0.2) is 33.3 Å². The van der Waals surface area contributed by atoms with Gasteiger partial charge in [-0.3, -0.25) is 0 Å². The second-order valence-corrected chi connectivity index (χ2v) is 9.60. The molecular formula is C22H10F8N4S2. The van der Waals surface area contributed by atoms with Crippen molar-refractivity contribution in [2.24, 2.45) is 0 Å². The molecule has 5 aromatic rings. The Hall–Kier alpha value is -3.26. The molecule has 0 saturated heterocycles. The molecule has 2 aromatic heterocycles. The van der Waals surface area contributed by atoms with Crippen LogP contribution in [0.25, 0.3) is 42.7 Å². The molecule has 3 aromatic carbocycles. The van der Waals surface area contributed by atoms with E-state index in [0.29, 0.717) is 45.5 Å². The molecule has 0 bridgehead atoms. The Morgan fingerprint density at radius 1 is 0.444 bits per heavy atom. The second-order valence-electron chi connectivity index (χ2n) is 7.47. The lowest BCUT2D eigenvalue weighted by molar-refractivity contribution is 0.494. The number of fused-ring (bicyclic) bond motifs is 2. The zero-order chi connectivity index (χ0) is 26.0. The largest absolute Gasteiger partial charge is 0.205 e. The Morgan fingerprint density at radius 3 is 1.08 bits per heavy atom. The lowest BCUT2D eigenvalue weighted by Gasteiger charge is -2.15. The predicted octanol–water partition coefficient (Wildman–Crippen LogP) is 7.27. The molecule has 2 heterocycles. The Balaban J connectivity index is 1.96. The molecule has 5 rings (SSSR count). The first-order chi connectivity index (χ1) is 17.1. The highest BCUT2D eigenvalue weighted by atomic mass is 32.1. The summed E-state index contributed by atoms with van der Waals surface area (Å²) in [5.74, 6) is -15.7. The van der Waals surface area contributed by atoms with Crippen molar-refractivity contribution < 1.29 is 35.1 Å². The zero-order valence-corrected chi connectivity index (χ0v) is 19.7. The molecule has 0 spiro atoms. The molecule has 0 atom stereocenters. The van der Waals surface area contributed by atoms with Gasteiger partial charge in [-0.15, -0.1) is 20.4 Å². The van der Waals surface area contributed by atoms with E-state index in [4.69, 9.17) is 0 Å². The minimum atomic E-state index is -2.09. The molecule has 0 fully saturated rings. The average Bonchev–Trinajstić information content (AvgIpc) is 3.52. The molecule has 0 aliphatic carbocycles. The summed E-state index contributed by atoms with van der Waals surface area (Å²) in [7, 11) is 0. The van der Waals surface area contributed by atoms with Crippen molar-refractivity contribution >= 4 is 44.2 Å². The van der Waals surface area contributed by atoms with Crippen LogP contribution in [0.3, 0.4) is 0 Å². The van der Waals surface area contributed by atoms with Crippen LogP contribution < -0.4 is 0 Å². The Kier molecular flexibility index (Phi) is 5.90. The average molecular weight is 546 g/mol. The van der Waals surface area contributed by atoms with Gasteiger partial charge in [0.2, 0.25) is 0 Å². The van der Waals surface area contributed by atoms with E-state index in [2.05, 4.69) is 20.4 Å². The highest BCUT2D eigenvalue weighted by molar-refractivity contribution is 7.15. The molecule has 0 radical (unpaired) electrons. The molecule has 0 N–H and O–H groups in total. The van der Waals surface area contributed by atoms with E-state index in [0.717, 1.165) is 0 Å². The first-order valence-electron chi connectivity index (χ1n) is 10.2. The third kappa shape index (κ3) is 3.30. The molecule has 4 nitrogen and oxygen atoms in total. The lowest BCUT2D eigenvalue weighted by atomic mass is 9.96. The predicted molar refractivity (Wildman–Crippen MR) is 118 cm³/mol. The summed E-state index contributed by atoms with van der Waals surface area (Å²) in [5.41, 5.74) is -2.32. The molecule has 0 aliphatic heterocycles. The zero-order valence-electron chi connectivity index (χ0n) is 18.0. The summed E-state index contributed by atoms with van der Waals surface area (Å²) < 4.78 is 122. The summed E-state index contributed by atoms with van der Waals surface area (Å²) in [4.78, 5) is 0. The van der Waals surface area contributed by atoms with Crippen molar-refractivity contribution in [1.82, 2.24) is 20.4 Å². The van der Waals surface area contributed by atoms with Crippen LogP contribution in [-0.4, -0.2) is 20.4 Å². The number of halogens is 8. The highest BCUT2D eigenvalue weighted by Gasteiger charge is 2.34. The van der Waals surface area contributed by atoms with Crippen LogP contribution in [0.1, 0.15) is 23.9 Å². The molecule has 186 valence electrons. The summed E-state index contributed by atoms with van der Waals surface area (Å²) in [6.07, 6.45) is 0.629. The van der Waals surface area contributed by atoms with Crippen LogP contribution in [0.15, 0.2) is 0 Å². The van der Waals surface area contributed by atoms with Gasteiger partial charge in [0.25, 0.3) is 0 Å². The lowest BCUT2D eigenvalue weighted by Crippen LogP contribution is -2.06. The SMILES string of the molecule is CCc1nnc(-c2c(F)c(F)c3c(F)c4c(F)c(F)c(-c5nnc(CC)s5)c(F)c4c(F)c3c2F)s1. The molecule has 14 heteroatoms. The van der Waals surface area contributed by atoms with E-state index in [9.17, 15) is 17.6 Å². The molecule has 0 saturated carbocycles. The fourth-order valence-electron chi connectivity index (χ4n) is 3.77. The normalized spacial score (nSPS) is 11.8. The molecular weight excluding hydrogens is 536 g/mol. The number of hydrogen-bond donors (Lipinski definition) is 0. The van der Waals surface area contributed by atoms with Gasteiger partial charge in [-0.2, -0.15) is 0 Å². The van der Waals surface area contributed by atoms with E-state index in [1.165, 1.54) is 0 Å². The maximum absolute atomic E-state index is 15.6. The molecule has 0 unspecified atom stereocenters. The van der Waals surface area contributed by atoms with Crippen molar-refractivity contribution in [2.45, 2.75) is 26.7 Å². The van der Waals surface area contributed by atoms with Gasteiger partial charge in [-0.05, 0) is 12.8 Å². The topological polar surface area (TPSA) is 51.6 Å². The first-order valence-corrected chi connectivity index (χ1v) is 11.9. The van der Waals surface area contributed by atoms with Crippen molar-refractivity contribution in [3.63, 3.8) is 0 Å². The Bertz CT molecular complexity index is 1590. The minimum absolute atomic E-state index is 0.311. The van der Waals surface area contributed by atoms with E-state index < -0.39 is 89.2 Å². The fraction of sp³-hybridized carbons (Fsp3) is 0.182. The van der Waals surface area contributed by atoms with Gasteiger partial charge in [-0.25, -0.2) is 35.1 Å². The highest BCUT2D eigenvalue weighted by Crippen LogP contribution is 2.44. The number of rotatable bonds is 4. The third-order valence-corrected chi connectivity index (χ3v) is 7.66. The second kappa shape index (κ2) is 8.69. The standard InChI is InChI=1S/C22H10F8N4S2/c1-3-5-31-33-21(35-5)11-15(25)7-9(17(27)19(11)29)14(24)10-8(13(7)23)16(26)12(20(30)18(10)28)22-34-32-6(4-2)36-22/h3-4H2,1-2H3. The Morgan fingerprint density at radius 2 is 0.778 bits per heavy atom. The van der Waals surface area contributed by atoms with Gasteiger partial charge >= 0.3 is 0 Å². The van der Waals surface area contributed by atoms with Crippen LogP contribution in [0.4, 0.5) is 35.1 Å². The van der Waals surface area contributed by atoms with Crippen molar-refractivity contribution in [3.05, 3.63) is 56.6 Å². The van der Waals surface area contributed by atoms with Crippen LogP contribution in [0.5, 0.6) is 0 Å². The van der Waals surface area contributed by atoms with Gasteiger partial charge in [0, 0.05) is 0 Å². The van der Waals surface area contributed by atoms with Gasteiger partial charge < -0.3 is 0 Å². The maximum Gasteiger partial charge on any atom is 0.172 e. The van der Waals surface area contributed by atoms with E-state index in [1.807, 2.05) is 0 Å². The maximum atomic E-state index is 15.6. The van der Waals surface area contributed by atoms with Gasteiger partial charge in [0.1, 0.15) is 33.3 Å². The number of nitrogens with zero attached hydrogens (tertiary/aromatic N) is 4. The van der Waals surface area contributed by atoms with Crippen molar-refractivity contribution in [3.8, 4) is 21.1 Å². The molecule has 36 heavy (non-hydrogen) atoms. The smallest absolute Gasteiger partial charge is 0.172 e. The van der Waals surface area contributed by atoms with E-state index in [-0.39, 0.29) is 0 Å². The minimum Gasteiger partial charge on any atom is -0.205 e. The van der Waals surface area contributed by atoms with Crippen molar-refractivity contribution in [1.29, 1.82) is 0 Å². The summed E-state index contributed by atoms with van der Waals surface area (Å²) in [5, 5.41) is 7.83. The monoisotopic (exact) mass is 546 g/mol. The summed E-state index contributed by atoms with van der Waals surface area (Å²) in [6.45, 7) is 3.32. The number of hydrogen-bond acceptors (Lipinski definition) is 6. The molecule has 0 aliphatic rings. The van der Waals surface area contributed by atoms with Gasteiger partial charge in [-0.1, -0.05) is 36.5 Å². The molecule has 0 amide bonds. The number of aryl methyl sites for hydroxylation is 2. The summed E-state index contributed by atoms with van der Waals surface area (Å²) >= 11 is 1.35. The number of benzene rings is 3. The number of aromatic nitrogens is 4. The third-order valence-electron chi connectivity index (χ3n) is 5.49.